The average Bonchev–Trinajstić information content (AvgIpc) is 2.07. The highest BCUT2D eigenvalue weighted by Gasteiger charge is 2.18. The molecular formula is C7H6Cl2N2O2. The molecular weight excluding hydrogens is 215 g/mol. The summed E-state index contributed by atoms with van der Waals surface area (Å²) in [7, 11) is 0. The molecule has 0 atom stereocenters. The number of nitrogens with zero attached hydrogens (tertiary/aromatic N) is 2. The zero-order valence-corrected chi connectivity index (χ0v) is 8.22. The molecule has 0 radical (unpaired) electrons. The van der Waals surface area contributed by atoms with Gasteiger partial charge in [-0.15, -0.1) is 10.2 Å². The SMILES string of the molecule is CCc1c(Cl)nnc(Cl)c1C(=O)O. The smallest absolute Gasteiger partial charge is 0.339 e. The Balaban J connectivity index is 3.43. The largest absolute Gasteiger partial charge is 0.478 e. The van der Waals surface area contributed by atoms with E-state index in [1.165, 1.54) is 0 Å². The highest BCUT2D eigenvalue weighted by Crippen LogP contribution is 2.22. The molecule has 0 fully saturated rings. The van der Waals surface area contributed by atoms with E-state index in [4.69, 9.17) is 28.3 Å². The van der Waals surface area contributed by atoms with Gasteiger partial charge in [0.2, 0.25) is 0 Å². The maximum absolute atomic E-state index is 10.7. The van der Waals surface area contributed by atoms with Crippen molar-refractivity contribution in [1.29, 1.82) is 0 Å². The Bertz CT molecular complexity index is 355. The Morgan fingerprint density at radius 2 is 1.92 bits per heavy atom. The van der Waals surface area contributed by atoms with Gasteiger partial charge < -0.3 is 5.11 Å². The van der Waals surface area contributed by atoms with Gasteiger partial charge in [0.15, 0.2) is 10.3 Å². The fraction of sp³-hybridized carbons (Fsp3) is 0.286. The van der Waals surface area contributed by atoms with Crippen molar-refractivity contribution >= 4 is 29.2 Å². The van der Waals surface area contributed by atoms with Crippen LogP contribution in [0.3, 0.4) is 0 Å². The molecule has 0 aliphatic rings. The average molecular weight is 221 g/mol. The number of carboxylic acids is 1. The third-order valence-corrected chi connectivity index (χ3v) is 2.12. The molecule has 4 nitrogen and oxygen atoms in total. The summed E-state index contributed by atoms with van der Waals surface area (Å²) in [5.41, 5.74) is 0.346. The molecule has 13 heavy (non-hydrogen) atoms. The van der Waals surface area contributed by atoms with E-state index >= 15 is 0 Å². The first-order chi connectivity index (χ1) is 6.07. The van der Waals surface area contributed by atoms with Crippen molar-refractivity contribution in [2.45, 2.75) is 13.3 Å². The van der Waals surface area contributed by atoms with E-state index in [0.717, 1.165) is 0 Å². The lowest BCUT2D eigenvalue weighted by Gasteiger charge is -2.04. The van der Waals surface area contributed by atoms with Crippen LogP contribution >= 0.6 is 23.2 Å². The summed E-state index contributed by atoms with van der Waals surface area (Å²) in [6.07, 6.45) is 0.454. The fourth-order valence-corrected chi connectivity index (χ4v) is 1.46. The minimum absolute atomic E-state index is 0.0656. The maximum atomic E-state index is 10.7. The number of halogens is 2. The Morgan fingerprint density at radius 3 is 2.31 bits per heavy atom. The van der Waals surface area contributed by atoms with Gasteiger partial charge >= 0.3 is 5.97 Å². The van der Waals surface area contributed by atoms with Crippen molar-refractivity contribution in [2.24, 2.45) is 0 Å². The molecule has 0 unspecified atom stereocenters. The first-order valence-electron chi connectivity index (χ1n) is 3.51. The molecule has 0 aliphatic carbocycles. The van der Waals surface area contributed by atoms with Crippen LogP contribution in [0.2, 0.25) is 10.3 Å². The van der Waals surface area contributed by atoms with E-state index < -0.39 is 5.97 Å². The molecule has 0 spiro atoms. The van der Waals surface area contributed by atoms with Gasteiger partial charge in [0.25, 0.3) is 0 Å². The normalized spacial score (nSPS) is 10.1. The number of carboxylic acid groups (broad SMARTS) is 1. The molecule has 0 aliphatic heterocycles. The summed E-state index contributed by atoms with van der Waals surface area (Å²) in [6.45, 7) is 1.77. The first kappa shape index (κ1) is 10.2. The number of hydrogen-bond donors (Lipinski definition) is 1. The van der Waals surface area contributed by atoms with Gasteiger partial charge in [-0.1, -0.05) is 30.1 Å². The Morgan fingerprint density at radius 1 is 1.38 bits per heavy atom. The lowest BCUT2D eigenvalue weighted by molar-refractivity contribution is 0.0695. The van der Waals surface area contributed by atoms with Crippen LogP contribution in [0.5, 0.6) is 0 Å². The van der Waals surface area contributed by atoms with Crippen molar-refractivity contribution in [2.75, 3.05) is 0 Å². The monoisotopic (exact) mass is 220 g/mol. The van der Waals surface area contributed by atoms with Crippen LogP contribution in [0.1, 0.15) is 22.8 Å². The molecule has 1 heterocycles. The summed E-state index contributed by atoms with van der Waals surface area (Å²) in [5, 5.41) is 15.7. The number of aromatic carboxylic acids is 1. The van der Waals surface area contributed by atoms with Gasteiger partial charge in [-0.05, 0) is 6.42 Å². The highest BCUT2D eigenvalue weighted by molar-refractivity contribution is 6.34. The summed E-state index contributed by atoms with van der Waals surface area (Å²) in [5.74, 6) is -1.14. The second-order valence-electron chi connectivity index (χ2n) is 2.29. The van der Waals surface area contributed by atoms with E-state index in [0.29, 0.717) is 12.0 Å². The number of hydrogen-bond acceptors (Lipinski definition) is 3. The lowest BCUT2D eigenvalue weighted by atomic mass is 10.1. The van der Waals surface area contributed by atoms with Crippen LogP contribution in [0.4, 0.5) is 0 Å². The van der Waals surface area contributed by atoms with E-state index in [2.05, 4.69) is 10.2 Å². The summed E-state index contributed by atoms with van der Waals surface area (Å²) in [6, 6.07) is 0. The zero-order valence-electron chi connectivity index (χ0n) is 6.71. The maximum Gasteiger partial charge on any atom is 0.339 e. The standard InChI is InChI=1S/C7H6Cl2N2O2/c1-2-3-4(7(12)13)6(9)11-10-5(3)8/h2H2,1H3,(H,12,13). The quantitative estimate of drug-likeness (QED) is 0.829. The van der Waals surface area contributed by atoms with Crippen LogP contribution in [-0.4, -0.2) is 21.3 Å². The van der Waals surface area contributed by atoms with Crippen LogP contribution in [-0.2, 0) is 6.42 Å². The van der Waals surface area contributed by atoms with Crippen molar-refractivity contribution in [3.63, 3.8) is 0 Å². The summed E-state index contributed by atoms with van der Waals surface area (Å²) < 4.78 is 0. The predicted octanol–water partition coefficient (Wildman–Crippen LogP) is 2.04. The van der Waals surface area contributed by atoms with Gasteiger partial charge in [-0.3, -0.25) is 0 Å². The van der Waals surface area contributed by atoms with E-state index in [1.54, 1.807) is 6.92 Å². The van der Waals surface area contributed by atoms with Crippen LogP contribution in [0.15, 0.2) is 0 Å². The molecule has 1 aromatic heterocycles. The van der Waals surface area contributed by atoms with Crippen molar-refractivity contribution in [1.82, 2.24) is 10.2 Å². The van der Waals surface area contributed by atoms with Crippen molar-refractivity contribution < 1.29 is 9.90 Å². The molecule has 0 saturated heterocycles. The Hall–Kier alpha value is -0.870. The summed E-state index contributed by atoms with van der Waals surface area (Å²) in [4.78, 5) is 10.7. The summed E-state index contributed by atoms with van der Waals surface area (Å²) >= 11 is 11.2. The fourth-order valence-electron chi connectivity index (χ4n) is 0.966. The second-order valence-corrected chi connectivity index (χ2v) is 3.01. The molecule has 1 rings (SSSR count). The minimum Gasteiger partial charge on any atom is -0.478 e. The van der Waals surface area contributed by atoms with Crippen molar-refractivity contribution in [3.05, 3.63) is 21.4 Å². The molecule has 0 aromatic carbocycles. The number of rotatable bonds is 2. The Labute approximate surface area is 84.5 Å². The van der Waals surface area contributed by atoms with Crippen LogP contribution in [0, 0.1) is 0 Å². The van der Waals surface area contributed by atoms with Gasteiger partial charge in [0.1, 0.15) is 5.56 Å². The van der Waals surface area contributed by atoms with Gasteiger partial charge in [0, 0.05) is 5.56 Å². The van der Waals surface area contributed by atoms with Gasteiger partial charge in [0.05, 0.1) is 0 Å². The predicted molar refractivity (Wildman–Crippen MR) is 48.4 cm³/mol. The first-order valence-corrected chi connectivity index (χ1v) is 4.27. The molecule has 1 N–H and O–H groups in total. The van der Waals surface area contributed by atoms with E-state index in [9.17, 15) is 4.79 Å². The number of aromatic nitrogens is 2. The van der Waals surface area contributed by atoms with Crippen LogP contribution in [0.25, 0.3) is 0 Å². The van der Waals surface area contributed by atoms with Gasteiger partial charge in [-0.25, -0.2) is 4.79 Å². The molecule has 0 bridgehead atoms. The molecule has 0 amide bonds. The topological polar surface area (TPSA) is 63.1 Å². The van der Waals surface area contributed by atoms with E-state index in [1.807, 2.05) is 0 Å². The van der Waals surface area contributed by atoms with Crippen molar-refractivity contribution in [3.8, 4) is 0 Å². The van der Waals surface area contributed by atoms with Crippen LogP contribution < -0.4 is 0 Å². The third kappa shape index (κ3) is 1.89. The lowest BCUT2D eigenvalue weighted by Crippen LogP contribution is -2.06. The molecule has 70 valence electrons. The molecule has 0 saturated carbocycles. The molecule has 6 heteroatoms. The van der Waals surface area contributed by atoms with Gasteiger partial charge in [-0.2, -0.15) is 0 Å². The zero-order chi connectivity index (χ0) is 10.0. The number of carbonyl (C=O) groups is 1. The van der Waals surface area contributed by atoms with E-state index in [-0.39, 0.29) is 15.9 Å². The minimum atomic E-state index is -1.14. The molecule has 1 aromatic rings. The second kappa shape index (κ2) is 3.89. The Kier molecular flexibility index (Phi) is 3.06. The highest BCUT2D eigenvalue weighted by atomic mass is 35.5. The third-order valence-electron chi connectivity index (χ3n) is 1.55.